The zero-order valence-electron chi connectivity index (χ0n) is 13.3. The van der Waals surface area contributed by atoms with Crippen molar-refractivity contribution in [1.82, 2.24) is 10.6 Å². The molecule has 7 nitrogen and oxygen atoms in total. The van der Waals surface area contributed by atoms with Gasteiger partial charge >= 0.3 is 0 Å². The second kappa shape index (κ2) is 9.91. The van der Waals surface area contributed by atoms with Gasteiger partial charge in [0, 0.05) is 18.7 Å². The fourth-order valence-electron chi connectivity index (χ4n) is 1.80. The van der Waals surface area contributed by atoms with Gasteiger partial charge in [-0.2, -0.15) is 0 Å². The number of nitrogens with two attached hydrogens (primary N) is 1. The van der Waals surface area contributed by atoms with E-state index in [0.29, 0.717) is 18.7 Å². The van der Waals surface area contributed by atoms with Crippen molar-refractivity contribution in [2.24, 2.45) is 5.73 Å². The molecule has 0 saturated heterocycles. The molecule has 0 fully saturated rings. The second-order valence-electron chi connectivity index (χ2n) is 4.75. The van der Waals surface area contributed by atoms with Crippen molar-refractivity contribution in [1.29, 1.82) is 0 Å². The molecule has 0 aliphatic heterocycles. The fraction of sp³-hybridized carbons (Fsp3) is 0.467. The molecule has 2 amide bonds. The normalized spacial score (nSPS) is 10.2. The summed E-state index contributed by atoms with van der Waals surface area (Å²) in [5.74, 6) is -0.475. The Morgan fingerprint density at radius 3 is 2.61 bits per heavy atom. The number of primary amides is 1. The van der Waals surface area contributed by atoms with Crippen LogP contribution in [0.5, 0.6) is 11.5 Å². The first-order valence-corrected chi connectivity index (χ1v) is 7.65. The predicted molar refractivity (Wildman–Crippen MR) is 88.2 cm³/mol. The molecular weight excluding hydrogens is 322 g/mol. The molecule has 4 N–H and O–H groups in total. The molecule has 8 heteroatoms. The molecule has 0 bridgehead atoms. The van der Waals surface area contributed by atoms with Gasteiger partial charge in [0.25, 0.3) is 11.8 Å². The number of ether oxygens (including phenoxy) is 2. The first kappa shape index (κ1) is 19.1. The minimum Gasteiger partial charge on any atom is -0.493 e. The lowest BCUT2D eigenvalue weighted by Crippen LogP contribution is -2.32. The van der Waals surface area contributed by atoms with E-state index in [2.05, 4.69) is 17.6 Å². The van der Waals surface area contributed by atoms with E-state index in [0.717, 1.165) is 13.0 Å². The summed E-state index contributed by atoms with van der Waals surface area (Å²) in [5.41, 5.74) is 5.37. The molecule has 128 valence electrons. The monoisotopic (exact) mass is 343 g/mol. The summed E-state index contributed by atoms with van der Waals surface area (Å²) < 4.78 is 10.4. The highest BCUT2D eigenvalue weighted by Crippen LogP contribution is 2.36. The van der Waals surface area contributed by atoms with Crippen molar-refractivity contribution in [2.75, 3.05) is 33.4 Å². The quantitative estimate of drug-likeness (QED) is 0.549. The zero-order valence-corrected chi connectivity index (χ0v) is 14.0. The molecule has 0 aromatic heterocycles. The van der Waals surface area contributed by atoms with Crippen LogP contribution in [-0.2, 0) is 4.79 Å². The average molecular weight is 344 g/mol. The molecule has 1 aromatic carbocycles. The van der Waals surface area contributed by atoms with E-state index in [1.54, 1.807) is 0 Å². The van der Waals surface area contributed by atoms with Crippen LogP contribution in [0.15, 0.2) is 12.1 Å². The second-order valence-corrected chi connectivity index (χ2v) is 5.16. The molecule has 0 heterocycles. The highest BCUT2D eigenvalue weighted by Gasteiger charge is 2.16. The van der Waals surface area contributed by atoms with Crippen LogP contribution in [0.1, 0.15) is 23.7 Å². The van der Waals surface area contributed by atoms with E-state index in [9.17, 15) is 9.59 Å². The molecule has 0 aliphatic carbocycles. The van der Waals surface area contributed by atoms with E-state index in [1.807, 2.05) is 0 Å². The van der Waals surface area contributed by atoms with Crippen molar-refractivity contribution in [3.8, 4) is 11.5 Å². The molecule has 0 saturated carbocycles. The Kier molecular flexibility index (Phi) is 8.21. The van der Waals surface area contributed by atoms with Crippen LogP contribution in [-0.4, -0.2) is 45.2 Å². The van der Waals surface area contributed by atoms with Crippen LogP contribution in [0.25, 0.3) is 0 Å². The first-order valence-electron chi connectivity index (χ1n) is 7.27. The number of halogens is 1. The molecule has 23 heavy (non-hydrogen) atoms. The van der Waals surface area contributed by atoms with E-state index >= 15 is 0 Å². The Bertz CT molecular complexity index is 552. The van der Waals surface area contributed by atoms with Crippen LogP contribution >= 0.6 is 11.6 Å². The average Bonchev–Trinajstić information content (AvgIpc) is 2.52. The van der Waals surface area contributed by atoms with E-state index in [1.165, 1.54) is 19.2 Å². The summed E-state index contributed by atoms with van der Waals surface area (Å²) in [7, 11) is 1.42. The maximum absolute atomic E-state index is 12.1. The molecule has 1 aromatic rings. The number of carbonyl (C=O) groups is 2. The molecule has 1 rings (SSSR count). The third-order valence-corrected chi connectivity index (χ3v) is 3.15. The van der Waals surface area contributed by atoms with E-state index in [-0.39, 0.29) is 29.0 Å². The Morgan fingerprint density at radius 1 is 1.26 bits per heavy atom. The van der Waals surface area contributed by atoms with Crippen molar-refractivity contribution < 1.29 is 19.1 Å². The highest BCUT2D eigenvalue weighted by molar-refractivity contribution is 6.32. The lowest BCUT2D eigenvalue weighted by Gasteiger charge is -2.13. The molecular formula is C15H22ClN3O4. The van der Waals surface area contributed by atoms with Gasteiger partial charge < -0.3 is 25.8 Å². The van der Waals surface area contributed by atoms with Crippen molar-refractivity contribution in [3.05, 3.63) is 22.7 Å². The molecule has 0 unspecified atom stereocenters. The summed E-state index contributed by atoms with van der Waals surface area (Å²) in [5, 5.41) is 6.13. The third kappa shape index (κ3) is 6.33. The Labute approximate surface area is 140 Å². The van der Waals surface area contributed by atoms with Gasteiger partial charge in [0.05, 0.1) is 12.1 Å². The van der Waals surface area contributed by atoms with Crippen LogP contribution in [0, 0.1) is 0 Å². The number of hydrogen-bond donors (Lipinski definition) is 3. The van der Waals surface area contributed by atoms with E-state index in [4.69, 9.17) is 26.8 Å². The zero-order chi connectivity index (χ0) is 17.2. The smallest absolute Gasteiger partial charge is 0.255 e. The number of nitrogens with one attached hydrogen (secondary N) is 2. The minimum absolute atomic E-state index is 0.167. The Balaban J connectivity index is 2.74. The van der Waals surface area contributed by atoms with Crippen molar-refractivity contribution >= 4 is 23.4 Å². The number of methoxy groups -OCH3 is 1. The first-order chi connectivity index (χ1) is 11.0. The van der Waals surface area contributed by atoms with Gasteiger partial charge in [0.2, 0.25) is 0 Å². The Morgan fingerprint density at radius 2 is 2.00 bits per heavy atom. The number of carbonyl (C=O) groups excluding carboxylic acids is 2. The van der Waals surface area contributed by atoms with Gasteiger partial charge in [-0.05, 0) is 25.1 Å². The van der Waals surface area contributed by atoms with E-state index < -0.39 is 5.91 Å². The Hall–Kier alpha value is -1.99. The molecule has 0 aliphatic rings. The molecule has 0 spiro atoms. The molecule has 0 atom stereocenters. The van der Waals surface area contributed by atoms with Gasteiger partial charge in [-0.1, -0.05) is 18.5 Å². The van der Waals surface area contributed by atoms with Gasteiger partial charge in [0.1, 0.15) is 0 Å². The molecule has 0 radical (unpaired) electrons. The maximum atomic E-state index is 12.1. The number of hydrogen-bond acceptors (Lipinski definition) is 5. The summed E-state index contributed by atoms with van der Waals surface area (Å²) in [6, 6.07) is 2.95. The van der Waals surface area contributed by atoms with Gasteiger partial charge in [-0.3, -0.25) is 9.59 Å². The summed E-state index contributed by atoms with van der Waals surface area (Å²) in [6.45, 7) is 3.83. The topological polar surface area (TPSA) is 103 Å². The number of amides is 2. The predicted octanol–water partition coefficient (Wildman–Crippen LogP) is 0.942. The lowest BCUT2D eigenvalue weighted by molar-refractivity contribution is -0.119. The summed E-state index contributed by atoms with van der Waals surface area (Å²) in [4.78, 5) is 22.9. The van der Waals surface area contributed by atoms with Crippen LogP contribution < -0.4 is 25.8 Å². The summed E-state index contributed by atoms with van der Waals surface area (Å²) >= 11 is 6.09. The van der Waals surface area contributed by atoms with Crippen molar-refractivity contribution in [3.63, 3.8) is 0 Å². The lowest BCUT2D eigenvalue weighted by atomic mass is 10.2. The van der Waals surface area contributed by atoms with Gasteiger partial charge in [0.15, 0.2) is 18.1 Å². The minimum atomic E-state index is -0.635. The maximum Gasteiger partial charge on any atom is 0.255 e. The number of benzene rings is 1. The fourth-order valence-corrected chi connectivity index (χ4v) is 2.07. The third-order valence-electron chi connectivity index (χ3n) is 2.86. The summed E-state index contributed by atoms with van der Waals surface area (Å²) in [6.07, 6.45) is 1.04. The van der Waals surface area contributed by atoms with Crippen LogP contribution in [0.4, 0.5) is 0 Å². The SMILES string of the molecule is CCCNCCNC(=O)c1cc(Cl)c(OCC(N)=O)c(OC)c1. The highest BCUT2D eigenvalue weighted by atomic mass is 35.5. The van der Waals surface area contributed by atoms with Gasteiger partial charge in [-0.25, -0.2) is 0 Å². The number of rotatable bonds is 10. The largest absolute Gasteiger partial charge is 0.493 e. The van der Waals surface area contributed by atoms with Gasteiger partial charge in [-0.15, -0.1) is 0 Å². The van der Waals surface area contributed by atoms with Crippen LogP contribution in [0.3, 0.4) is 0 Å². The van der Waals surface area contributed by atoms with Crippen molar-refractivity contribution in [2.45, 2.75) is 13.3 Å². The van der Waals surface area contributed by atoms with Crippen LogP contribution in [0.2, 0.25) is 5.02 Å². The standard InChI is InChI=1S/C15H22ClN3O4/c1-3-4-18-5-6-19-15(21)10-7-11(16)14(12(8-10)22-2)23-9-13(17)20/h7-8,18H,3-6,9H2,1-2H3,(H2,17,20)(H,19,21).